The van der Waals surface area contributed by atoms with Gasteiger partial charge in [0.05, 0.1) is 0 Å². The van der Waals surface area contributed by atoms with Gasteiger partial charge in [0.25, 0.3) is 0 Å². The quantitative estimate of drug-likeness (QED) is 0.414. The van der Waals surface area contributed by atoms with E-state index >= 15 is 0 Å². The van der Waals surface area contributed by atoms with Crippen LogP contribution in [-0.4, -0.2) is 13.2 Å². The van der Waals surface area contributed by atoms with Crippen molar-refractivity contribution >= 4 is 0 Å². The topological polar surface area (TPSA) is 38.2 Å². The van der Waals surface area contributed by atoms with Gasteiger partial charge in [0.15, 0.2) is 6.54 Å². The Morgan fingerprint density at radius 2 is 2.29 bits per heavy atom. The molecule has 3 nitrogen and oxygen atoms in total. The summed E-state index contributed by atoms with van der Waals surface area (Å²) in [6, 6.07) is 0. The minimum atomic E-state index is 0.542. The minimum Gasteiger partial charge on any atom is -0.544 e. The van der Waals surface area contributed by atoms with Crippen LogP contribution in [0.5, 0.6) is 0 Å². The second-order valence-corrected chi connectivity index (χ2v) is 1.60. The Labute approximate surface area is 42.4 Å². The summed E-state index contributed by atoms with van der Waals surface area (Å²) in [5, 5.41) is 10.8. The summed E-state index contributed by atoms with van der Waals surface area (Å²) in [4.78, 5) is 4.56. The maximum absolute atomic E-state index is 10.2. The van der Waals surface area contributed by atoms with Crippen molar-refractivity contribution in [2.45, 2.75) is 12.8 Å². The van der Waals surface area contributed by atoms with Crippen molar-refractivity contribution in [1.82, 2.24) is 5.23 Å². The first-order valence-electron chi connectivity index (χ1n) is 2.47. The zero-order valence-electron chi connectivity index (χ0n) is 4.09. The zero-order valence-corrected chi connectivity index (χ0v) is 4.09. The van der Waals surface area contributed by atoms with Crippen LogP contribution in [0, 0.1) is 5.21 Å². The molecule has 1 rings (SSSR count). The fourth-order valence-corrected chi connectivity index (χ4v) is 0.574. The van der Waals surface area contributed by atoms with E-state index in [0.29, 0.717) is 18.4 Å². The van der Waals surface area contributed by atoms with Gasteiger partial charge in [-0.25, -0.2) is 0 Å². The smallest absolute Gasteiger partial charge is 0.161 e. The highest BCUT2D eigenvalue weighted by Gasteiger charge is 2.10. The Hall–Kier alpha value is -0.120. The average Bonchev–Trinajstić information content (AvgIpc) is 1.69. The lowest BCUT2D eigenvalue weighted by Gasteiger charge is -2.14. The number of rotatable bonds is 0. The second-order valence-electron chi connectivity index (χ2n) is 1.60. The van der Waals surface area contributed by atoms with Gasteiger partial charge in [0.1, 0.15) is 6.61 Å². The van der Waals surface area contributed by atoms with Crippen molar-refractivity contribution in [2.75, 3.05) is 13.2 Å². The molecule has 0 saturated carbocycles. The molecule has 1 radical (unpaired) electrons. The van der Waals surface area contributed by atoms with E-state index in [0.717, 1.165) is 12.8 Å². The van der Waals surface area contributed by atoms with Gasteiger partial charge in [-0.15, -0.1) is 4.84 Å². The van der Waals surface area contributed by atoms with Crippen LogP contribution in [-0.2, 0) is 4.84 Å². The number of nitrogens with zero attached hydrogens (tertiary/aromatic N) is 1. The van der Waals surface area contributed by atoms with Crippen LogP contribution in [0.2, 0.25) is 0 Å². The van der Waals surface area contributed by atoms with Crippen molar-refractivity contribution < 1.29 is 4.84 Å². The zero-order chi connectivity index (χ0) is 5.11. The van der Waals surface area contributed by atoms with Gasteiger partial charge < -0.3 is 5.21 Å². The van der Waals surface area contributed by atoms with Gasteiger partial charge in [-0.2, -0.15) is 0 Å². The van der Waals surface area contributed by atoms with Crippen LogP contribution in [0.1, 0.15) is 12.8 Å². The molecule has 0 bridgehead atoms. The van der Waals surface area contributed by atoms with Gasteiger partial charge in [-0.1, -0.05) is 0 Å². The molecular weight excluding hydrogens is 94.0 g/mol. The molecule has 3 heteroatoms. The minimum absolute atomic E-state index is 0.542. The molecule has 7 heavy (non-hydrogen) atoms. The molecule has 1 aliphatic rings. The maximum Gasteiger partial charge on any atom is 0.161 e. The Morgan fingerprint density at radius 1 is 1.43 bits per heavy atom. The third-order valence-corrected chi connectivity index (χ3v) is 0.970. The molecule has 1 saturated heterocycles. The first-order valence-corrected chi connectivity index (χ1v) is 2.47. The van der Waals surface area contributed by atoms with E-state index in [1.54, 1.807) is 0 Å². The third kappa shape index (κ3) is 1.43. The van der Waals surface area contributed by atoms with Crippen molar-refractivity contribution in [2.24, 2.45) is 0 Å². The van der Waals surface area contributed by atoms with Gasteiger partial charge in [0.2, 0.25) is 0 Å². The van der Waals surface area contributed by atoms with E-state index in [9.17, 15) is 5.21 Å². The summed E-state index contributed by atoms with van der Waals surface area (Å²) < 4.78 is 0. The van der Waals surface area contributed by atoms with Crippen LogP contribution in [0.25, 0.3) is 0 Å². The third-order valence-electron chi connectivity index (χ3n) is 0.970. The van der Waals surface area contributed by atoms with E-state index in [-0.39, 0.29) is 0 Å². The Morgan fingerprint density at radius 3 is 2.57 bits per heavy atom. The second kappa shape index (κ2) is 2.26. The van der Waals surface area contributed by atoms with E-state index in [4.69, 9.17) is 0 Å². The molecule has 1 fully saturated rings. The highest BCUT2D eigenvalue weighted by atomic mass is 16.9. The van der Waals surface area contributed by atoms with Crippen molar-refractivity contribution in [3.8, 4) is 0 Å². The summed E-state index contributed by atoms with van der Waals surface area (Å²) in [5.41, 5.74) is 0. The van der Waals surface area contributed by atoms with Crippen LogP contribution in [0.3, 0.4) is 0 Å². The predicted molar refractivity (Wildman–Crippen MR) is 25.6 cm³/mol. The monoisotopic (exact) mass is 102 g/mol. The van der Waals surface area contributed by atoms with Gasteiger partial charge in [0, 0.05) is 6.42 Å². The number of hydrogen-bond donors (Lipinski definition) is 0. The van der Waals surface area contributed by atoms with Crippen molar-refractivity contribution in [3.63, 3.8) is 0 Å². The van der Waals surface area contributed by atoms with Gasteiger partial charge in [-0.05, 0) is 11.6 Å². The molecule has 0 spiro atoms. The fraction of sp³-hybridized carbons (Fsp3) is 1.00. The molecule has 0 aliphatic carbocycles. The largest absolute Gasteiger partial charge is 0.544 e. The van der Waals surface area contributed by atoms with Gasteiger partial charge >= 0.3 is 0 Å². The number of hydroxylamine groups is 2. The predicted octanol–water partition coefficient (Wildman–Crippen LogP) is 0.350. The van der Waals surface area contributed by atoms with Crippen LogP contribution in [0.4, 0.5) is 0 Å². The molecular formula is C4H8NO2. The molecule has 41 valence electrons. The maximum atomic E-state index is 10.2. The number of hydrogen-bond acceptors (Lipinski definition) is 3. The lowest BCUT2D eigenvalue weighted by molar-refractivity contribution is -0.0620. The molecule has 0 aromatic rings. The Bertz CT molecular complexity index is 51.7. The lowest BCUT2D eigenvalue weighted by Crippen LogP contribution is -2.29. The highest BCUT2D eigenvalue weighted by molar-refractivity contribution is 4.55. The first kappa shape index (κ1) is 5.03. The van der Waals surface area contributed by atoms with Crippen LogP contribution < -0.4 is 5.23 Å². The molecule has 0 aromatic carbocycles. The normalized spacial score (nSPS) is 25.3. The first-order chi connectivity index (χ1) is 3.39. The summed E-state index contributed by atoms with van der Waals surface area (Å²) in [5.74, 6) is 0. The lowest BCUT2D eigenvalue weighted by atomic mass is 10.3. The standard InChI is InChI=1S/C4H8NO2/c6-5-3-1-2-4-7-5/h1-4H2. The molecule has 0 aromatic heterocycles. The summed E-state index contributed by atoms with van der Waals surface area (Å²) in [7, 11) is 0. The summed E-state index contributed by atoms with van der Waals surface area (Å²) in [6.45, 7) is 1.14. The Kier molecular flexibility index (Phi) is 1.62. The fourth-order valence-electron chi connectivity index (χ4n) is 0.574. The molecule has 0 atom stereocenters. The molecule has 0 amide bonds. The summed E-state index contributed by atoms with van der Waals surface area (Å²) >= 11 is 0. The van der Waals surface area contributed by atoms with Crippen molar-refractivity contribution in [1.29, 1.82) is 0 Å². The van der Waals surface area contributed by atoms with Crippen LogP contribution >= 0.6 is 0 Å². The average molecular weight is 102 g/mol. The highest BCUT2D eigenvalue weighted by Crippen LogP contribution is 1.99. The van der Waals surface area contributed by atoms with Crippen molar-refractivity contribution in [3.05, 3.63) is 5.21 Å². The van der Waals surface area contributed by atoms with E-state index in [2.05, 4.69) is 4.84 Å². The van der Waals surface area contributed by atoms with E-state index in [1.165, 1.54) is 0 Å². The molecule has 0 N–H and O–H groups in total. The Balaban J connectivity index is 2.12. The molecule has 1 aliphatic heterocycles. The van der Waals surface area contributed by atoms with Gasteiger partial charge in [-0.3, -0.25) is 0 Å². The molecule has 1 heterocycles. The summed E-state index contributed by atoms with van der Waals surface area (Å²) in [6.07, 6.45) is 2.00. The van der Waals surface area contributed by atoms with E-state index in [1.807, 2.05) is 0 Å². The molecule has 0 unspecified atom stereocenters. The van der Waals surface area contributed by atoms with Crippen LogP contribution in [0.15, 0.2) is 0 Å². The van der Waals surface area contributed by atoms with E-state index < -0.39 is 0 Å². The SMILES string of the molecule is [O-][N+]1CCCCO1.